The third kappa shape index (κ3) is 4.46. The molecule has 0 spiro atoms. The van der Waals surface area contributed by atoms with Crippen LogP contribution in [-0.4, -0.2) is 54.5 Å². The van der Waals surface area contributed by atoms with E-state index in [1.807, 2.05) is 43.5 Å². The monoisotopic (exact) mass is 469 g/mol. The van der Waals surface area contributed by atoms with Crippen LogP contribution >= 0.6 is 0 Å². The summed E-state index contributed by atoms with van der Waals surface area (Å²) >= 11 is 0. The number of aryl methyl sites for hydroxylation is 1. The first kappa shape index (κ1) is 21.7. The Bertz CT molecular complexity index is 1450. The first-order valence-electron chi connectivity index (χ1n) is 12.1. The van der Waals surface area contributed by atoms with Gasteiger partial charge >= 0.3 is 0 Å². The molecule has 178 valence electrons. The summed E-state index contributed by atoms with van der Waals surface area (Å²) in [6.45, 7) is 5.70. The van der Waals surface area contributed by atoms with Gasteiger partial charge in [0.25, 0.3) is 0 Å². The molecule has 6 rings (SSSR count). The quantitative estimate of drug-likeness (QED) is 0.349. The van der Waals surface area contributed by atoms with E-state index in [2.05, 4.69) is 37.4 Å². The number of rotatable bonds is 7. The van der Waals surface area contributed by atoms with Crippen LogP contribution in [0.5, 0.6) is 5.88 Å². The van der Waals surface area contributed by atoms with Crippen molar-refractivity contribution in [1.29, 1.82) is 0 Å². The number of pyridine rings is 1. The Morgan fingerprint density at radius 1 is 1.00 bits per heavy atom. The van der Waals surface area contributed by atoms with Crippen LogP contribution in [0.3, 0.4) is 0 Å². The molecule has 4 aromatic heterocycles. The van der Waals surface area contributed by atoms with E-state index in [9.17, 15) is 0 Å². The lowest BCUT2D eigenvalue weighted by molar-refractivity contribution is 0.231. The SMILES string of the molecule is Cc1cc(-c2nnc3c4ccccc4c(OCc4ccc(CCN5CCCCC5)nc4)nn23)no1. The van der Waals surface area contributed by atoms with E-state index in [1.54, 1.807) is 4.52 Å². The summed E-state index contributed by atoms with van der Waals surface area (Å²) in [7, 11) is 0. The van der Waals surface area contributed by atoms with E-state index in [0.29, 0.717) is 35.4 Å². The van der Waals surface area contributed by atoms with Gasteiger partial charge in [0.1, 0.15) is 12.4 Å². The van der Waals surface area contributed by atoms with Crippen LogP contribution < -0.4 is 4.74 Å². The van der Waals surface area contributed by atoms with E-state index in [-0.39, 0.29) is 0 Å². The summed E-state index contributed by atoms with van der Waals surface area (Å²) in [5.74, 6) is 1.71. The second kappa shape index (κ2) is 9.42. The van der Waals surface area contributed by atoms with Crippen LogP contribution in [0, 0.1) is 6.92 Å². The minimum atomic E-state index is 0.364. The molecule has 0 aliphatic carbocycles. The summed E-state index contributed by atoms with van der Waals surface area (Å²) in [4.78, 5) is 7.20. The van der Waals surface area contributed by atoms with Crippen LogP contribution in [0.1, 0.15) is 36.3 Å². The zero-order valence-electron chi connectivity index (χ0n) is 19.7. The standard InChI is InChI=1S/C26H27N7O2/c1-18-15-23(31-35-18)25-29-28-24-21-7-3-4-8-22(21)26(30-33(24)25)34-17-19-9-10-20(27-16-19)11-14-32-12-5-2-6-13-32/h3-4,7-10,15-16H,2,5-6,11-14,17H2,1H3. The number of fused-ring (bicyclic) bond motifs is 3. The molecule has 0 N–H and O–H groups in total. The summed E-state index contributed by atoms with van der Waals surface area (Å²) in [5, 5.41) is 19.2. The van der Waals surface area contributed by atoms with Gasteiger partial charge in [-0.1, -0.05) is 35.8 Å². The number of piperidine rings is 1. The van der Waals surface area contributed by atoms with Crippen LogP contribution in [0.4, 0.5) is 0 Å². The number of hydrogen-bond acceptors (Lipinski definition) is 8. The molecule has 5 aromatic rings. The molecule has 9 heteroatoms. The highest BCUT2D eigenvalue weighted by Gasteiger charge is 2.18. The number of hydrogen-bond donors (Lipinski definition) is 0. The summed E-state index contributed by atoms with van der Waals surface area (Å²) in [6.07, 6.45) is 6.86. The maximum Gasteiger partial charge on any atom is 0.240 e. The number of likely N-dealkylation sites (tertiary alicyclic amines) is 1. The van der Waals surface area contributed by atoms with Crippen molar-refractivity contribution in [2.75, 3.05) is 19.6 Å². The Kier molecular flexibility index (Phi) is 5.83. The summed E-state index contributed by atoms with van der Waals surface area (Å²) in [6, 6.07) is 13.9. The first-order valence-corrected chi connectivity index (χ1v) is 12.1. The summed E-state index contributed by atoms with van der Waals surface area (Å²) < 4.78 is 13.1. The van der Waals surface area contributed by atoms with Crippen molar-refractivity contribution in [3.8, 4) is 17.4 Å². The van der Waals surface area contributed by atoms with E-state index >= 15 is 0 Å². The fourth-order valence-corrected chi connectivity index (χ4v) is 4.59. The molecule has 1 saturated heterocycles. The number of benzene rings is 1. The van der Waals surface area contributed by atoms with Gasteiger partial charge in [-0.15, -0.1) is 15.3 Å². The van der Waals surface area contributed by atoms with Gasteiger partial charge in [-0.3, -0.25) is 4.98 Å². The van der Waals surface area contributed by atoms with Crippen LogP contribution in [0.25, 0.3) is 27.9 Å². The topological polar surface area (TPSA) is 94.5 Å². The largest absolute Gasteiger partial charge is 0.471 e. The lowest BCUT2D eigenvalue weighted by Gasteiger charge is -2.26. The number of aromatic nitrogens is 6. The Labute approximate surface area is 202 Å². The fraction of sp³-hybridized carbons (Fsp3) is 0.346. The normalized spacial score (nSPS) is 14.7. The third-order valence-corrected chi connectivity index (χ3v) is 6.48. The third-order valence-electron chi connectivity index (χ3n) is 6.48. The van der Waals surface area contributed by atoms with Gasteiger partial charge in [-0.05, 0) is 45.0 Å². The highest BCUT2D eigenvalue weighted by molar-refractivity contribution is 5.96. The predicted molar refractivity (Wildman–Crippen MR) is 131 cm³/mol. The van der Waals surface area contributed by atoms with E-state index in [1.165, 1.54) is 32.4 Å². The maximum absolute atomic E-state index is 6.19. The Morgan fingerprint density at radius 2 is 1.86 bits per heavy atom. The van der Waals surface area contributed by atoms with Crippen LogP contribution in [0.2, 0.25) is 0 Å². The number of ether oxygens (including phenoxy) is 1. The molecule has 35 heavy (non-hydrogen) atoms. The lowest BCUT2D eigenvalue weighted by Crippen LogP contribution is -2.31. The van der Waals surface area contributed by atoms with Crippen molar-refractivity contribution < 1.29 is 9.26 Å². The molecule has 0 saturated carbocycles. The molecular weight excluding hydrogens is 442 g/mol. The van der Waals surface area contributed by atoms with Gasteiger partial charge in [-0.2, -0.15) is 4.52 Å². The van der Waals surface area contributed by atoms with Crippen LogP contribution in [0.15, 0.2) is 53.2 Å². The predicted octanol–water partition coefficient (Wildman–Crippen LogP) is 4.24. The minimum absolute atomic E-state index is 0.364. The zero-order valence-corrected chi connectivity index (χ0v) is 19.7. The molecule has 1 aliphatic heterocycles. The van der Waals surface area contributed by atoms with Crippen molar-refractivity contribution >= 4 is 16.4 Å². The van der Waals surface area contributed by atoms with Crippen molar-refractivity contribution in [3.63, 3.8) is 0 Å². The molecule has 1 aliphatic rings. The molecule has 0 unspecified atom stereocenters. The van der Waals surface area contributed by atoms with Gasteiger partial charge in [0.05, 0.1) is 0 Å². The van der Waals surface area contributed by atoms with E-state index in [0.717, 1.165) is 35.0 Å². The average molecular weight is 470 g/mol. The van der Waals surface area contributed by atoms with E-state index < -0.39 is 0 Å². The second-order valence-electron chi connectivity index (χ2n) is 9.03. The van der Waals surface area contributed by atoms with Crippen molar-refractivity contribution in [3.05, 3.63) is 65.7 Å². The Balaban J connectivity index is 1.22. The molecule has 1 aromatic carbocycles. The average Bonchev–Trinajstić information content (AvgIpc) is 3.53. The highest BCUT2D eigenvalue weighted by atomic mass is 16.5. The van der Waals surface area contributed by atoms with Gasteiger partial charge in [0.2, 0.25) is 11.7 Å². The maximum atomic E-state index is 6.19. The van der Waals surface area contributed by atoms with Gasteiger partial charge < -0.3 is 14.2 Å². The number of nitrogens with zero attached hydrogens (tertiary/aromatic N) is 7. The molecule has 1 fully saturated rings. The molecule has 0 atom stereocenters. The smallest absolute Gasteiger partial charge is 0.240 e. The van der Waals surface area contributed by atoms with Gasteiger partial charge in [0.15, 0.2) is 11.3 Å². The van der Waals surface area contributed by atoms with Crippen molar-refractivity contribution in [1.82, 2.24) is 34.9 Å². The molecular formula is C26H27N7O2. The Morgan fingerprint density at radius 3 is 2.63 bits per heavy atom. The van der Waals surface area contributed by atoms with E-state index in [4.69, 9.17) is 14.4 Å². The van der Waals surface area contributed by atoms with Crippen molar-refractivity contribution in [2.24, 2.45) is 0 Å². The molecule has 0 radical (unpaired) electrons. The fourth-order valence-electron chi connectivity index (χ4n) is 4.59. The van der Waals surface area contributed by atoms with Gasteiger partial charge in [-0.25, -0.2) is 0 Å². The molecule has 5 heterocycles. The highest BCUT2D eigenvalue weighted by Crippen LogP contribution is 2.29. The summed E-state index contributed by atoms with van der Waals surface area (Å²) in [5.41, 5.74) is 3.33. The van der Waals surface area contributed by atoms with Crippen molar-refractivity contribution in [2.45, 2.75) is 39.2 Å². The molecule has 9 nitrogen and oxygen atoms in total. The molecule has 0 bridgehead atoms. The second-order valence-corrected chi connectivity index (χ2v) is 9.03. The molecule has 0 amide bonds. The van der Waals surface area contributed by atoms with Gasteiger partial charge in [0, 0.05) is 47.3 Å². The minimum Gasteiger partial charge on any atom is -0.471 e. The van der Waals surface area contributed by atoms with Crippen LogP contribution in [-0.2, 0) is 13.0 Å². The first-order chi connectivity index (χ1) is 17.2. The lowest BCUT2D eigenvalue weighted by atomic mass is 10.1. The zero-order chi connectivity index (χ0) is 23.6. The Hall–Kier alpha value is -3.85.